The Kier molecular flexibility index (Phi) is 4.26. The van der Waals surface area contributed by atoms with Crippen LogP contribution in [0.15, 0.2) is 23.4 Å². The SMILES string of the molecule is Cc1cc(/C(N)=N\O)ccc1C(F)(F)CNC(=O)O. The van der Waals surface area contributed by atoms with E-state index in [9.17, 15) is 13.6 Å². The summed E-state index contributed by atoms with van der Waals surface area (Å²) >= 11 is 0. The number of amidine groups is 1. The van der Waals surface area contributed by atoms with Gasteiger partial charge in [-0.1, -0.05) is 17.3 Å². The largest absolute Gasteiger partial charge is 0.465 e. The fraction of sp³-hybridized carbons (Fsp3) is 0.273. The first-order valence-corrected chi connectivity index (χ1v) is 5.21. The van der Waals surface area contributed by atoms with Crippen LogP contribution < -0.4 is 11.1 Å². The summed E-state index contributed by atoms with van der Waals surface area (Å²) in [5.74, 6) is -3.53. The zero-order chi connectivity index (χ0) is 14.6. The molecule has 1 aromatic rings. The number of nitrogens with one attached hydrogen (secondary N) is 1. The third-order valence-electron chi connectivity index (χ3n) is 2.49. The maximum atomic E-state index is 13.8. The van der Waals surface area contributed by atoms with Gasteiger partial charge in [0.2, 0.25) is 0 Å². The minimum atomic E-state index is -3.34. The van der Waals surface area contributed by atoms with Gasteiger partial charge >= 0.3 is 6.09 Å². The van der Waals surface area contributed by atoms with Crippen LogP contribution in [0.4, 0.5) is 13.6 Å². The lowest BCUT2D eigenvalue weighted by Gasteiger charge is -2.19. The Bertz CT molecular complexity index is 518. The molecule has 0 aliphatic rings. The van der Waals surface area contributed by atoms with Crippen molar-refractivity contribution in [2.75, 3.05) is 6.54 Å². The molecule has 0 atom stereocenters. The summed E-state index contributed by atoms with van der Waals surface area (Å²) in [6, 6.07) is 3.72. The van der Waals surface area contributed by atoms with Gasteiger partial charge in [-0.15, -0.1) is 0 Å². The molecule has 0 unspecified atom stereocenters. The van der Waals surface area contributed by atoms with Crippen molar-refractivity contribution in [1.29, 1.82) is 0 Å². The van der Waals surface area contributed by atoms with Gasteiger partial charge in [-0.2, -0.15) is 8.78 Å². The summed E-state index contributed by atoms with van der Waals surface area (Å²) in [6.45, 7) is 0.407. The minimum absolute atomic E-state index is 0.193. The van der Waals surface area contributed by atoms with Crippen molar-refractivity contribution >= 4 is 11.9 Å². The molecular formula is C11H13F2N3O3. The van der Waals surface area contributed by atoms with Gasteiger partial charge in [-0.05, 0) is 18.6 Å². The summed E-state index contributed by atoms with van der Waals surface area (Å²) in [7, 11) is 0. The quantitative estimate of drug-likeness (QED) is 0.288. The smallest absolute Gasteiger partial charge is 0.404 e. The van der Waals surface area contributed by atoms with E-state index in [1.807, 2.05) is 0 Å². The van der Waals surface area contributed by atoms with Crippen molar-refractivity contribution in [3.63, 3.8) is 0 Å². The van der Waals surface area contributed by atoms with E-state index < -0.39 is 18.6 Å². The molecule has 0 saturated carbocycles. The number of alkyl halides is 2. The number of nitrogens with two attached hydrogens (primary N) is 1. The molecular weight excluding hydrogens is 260 g/mol. The summed E-state index contributed by atoms with van der Waals surface area (Å²) in [4.78, 5) is 10.2. The van der Waals surface area contributed by atoms with E-state index in [1.54, 1.807) is 5.32 Å². The van der Waals surface area contributed by atoms with E-state index in [2.05, 4.69) is 5.16 Å². The van der Waals surface area contributed by atoms with Crippen LogP contribution in [0.25, 0.3) is 0 Å². The molecule has 0 radical (unpaired) electrons. The first-order chi connectivity index (χ1) is 8.77. The second-order valence-corrected chi connectivity index (χ2v) is 3.88. The third kappa shape index (κ3) is 3.54. The van der Waals surface area contributed by atoms with Gasteiger partial charge in [0.25, 0.3) is 5.92 Å². The second-order valence-electron chi connectivity index (χ2n) is 3.88. The number of halogens is 2. The highest BCUT2D eigenvalue weighted by molar-refractivity contribution is 5.97. The van der Waals surface area contributed by atoms with Gasteiger partial charge in [0.05, 0.1) is 6.54 Å². The number of oxime groups is 1. The number of amides is 1. The molecule has 0 saturated heterocycles. The summed E-state index contributed by atoms with van der Waals surface area (Å²) < 4.78 is 27.5. The Morgan fingerprint density at radius 3 is 2.63 bits per heavy atom. The van der Waals surface area contributed by atoms with E-state index in [-0.39, 0.29) is 17.0 Å². The summed E-state index contributed by atoms with van der Waals surface area (Å²) in [6.07, 6.45) is -1.52. The van der Waals surface area contributed by atoms with Gasteiger partial charge in [-0.3, -0.25) is 0 Å². The topological polar surface area (TPSA) is 108 Å². The van der Waals surface area contributed by atoms with Crippen molar-refractivity contribution < 1.29 is 23.9 Å². The van der Waals surface area contributed by atoms with Crippen molar-refractivity contribution in [3.05, 3.63) is 34.9 Å². The van der Waals surface area contributed by atoms with E-state index in [1.165, 1.54) is 19.1 Å². The van der Waals surface area contributed by atoms with Crippen LogP contribution in [0.2, 0.25) is 0 Å². The molecule has 0 aliphatic heterocycles. The lowest BCUT2D eigenvalue weighted by Crippen LogP contribution is -2.34. The normalized spacial score (nSPS) is 12.3. The third-order valence-corrected chi connectivity index (χ3v) is 2.49. The maximum absolute atomic E-state index is 13.8. The number of carboxylic acid groups (broad SMARTS) is 1. The van der Waals surface area contributed by atoms with Gasteiger partial charge in [0, 0.05) is 11.1 Å². The number of hydrogen-bond donors (Lipinski definition) is 4. The predicted molar refractivity (Wildman–Crippen MR) is 63.6 cm³/mol. The molecule has 5 N–H and O–H groups in total. The summed E-state index contributed by atoms with van der Waals surface area (Å²) in [5.41, 5.74) is 5.53. The number of hydrogen-bond acceptors (Lipinski definition) is 3. The zero-order valence-corrected chi connectivity index (χ0v) is 10.0. The molecule has 19 heavy (non-hydrogen) atoms. The number of carbonyl (C=O) groups is 1. The average Bonchev–Trinajstić information content (AvgIpc) is 2.35. The number of rotatable bonds is 4. The Morgan fingerprint density at radius 1 is 1.53 bits per heavy atom. The van der Waals surface area contributed by atoms with E-state index >= 15 is 0 Å². The second kappa shape index (κ2) is 5.51. The Hall–Kier alpha value is -2.38. The molecule has 0 bridgehead atoms. The van der Waals surface area contributed by atoms with Gasteiger partial charge < -0.3 is 21.4 Å². The molecule has 0 aromatic heterocycles. The Morgan fingerprint density at radius 2 is 2.16 bits per heavy atom. The molecule has 8 heteroatoms. The standard InChI is InChI=1S/C11H13F2N3O3/c1-6-4-7(9(14)16-19)2-3-8(6)11(12,13)5-15-10(17)18/h2-4,15,19H,5H2,1H3,(H2,14,16)(H,17,18). The fourth-order valence-electron chi connectivity index (χ4n) is 1.57. The van der Waals surface area contributed by atoms with E-state index in [0.29, 0.717) is 5.56 Å². The molecule has 104 valence electrons. The highest BCUT2D eigenvalue weighted by atomic mass is 19.3. The van der Waals surface area contributed by atoms with Crippen molar-refractivity contribution in [2.45, 2.75) is 12.8 Å². The van der Waals surface area contributed by atoms with Crippen LogP contribution in [0.5, 0.6) is 0 Å². The first-order valence-electron chi connectivity index (χ1n) is 5.21. The lowest BCUT2D eigenvalue weighted by molar-refractivity contribution is -0.00279. The maximum Gasteiger partial charge on any atom is 0.404 e. The van der Waals surface area contributed by atoms with Crippen LogP contribution >= 0.6 is 0 Å². The molecule has 0 spiro atoms. The highest BCUT2D eigenvalue weighted by Gasteiger charge is 2.33. The van der Waals surface area contributed by atoms with Crippen molar-refractivity contribution in [2.24, 2.45) is 10.9 Å². The summed E-state index contributed by atoms with van der Waals surface area (Å²) in [5, 5.41) is 21.2. The fourth-order valence-corrected chi connectivity index (χ4v) is 1.57. The average molecular weight is 273 g/mol. The molecule has 1 amide bonds. The molecule has 0 heterocycles. The first kappa shape index (κ1) is 14.7. The van der Waals surface area contributed by atoms with E-state index in [0.717, 1.165) is 6.07 Å². The molecule has 6 nitrogen and oxygen atoms in total. The number of benzene rings is 1. The predicted octanol–water partition coefficient (Wildman–Crippen LogP) is 1.45. The van der Waals surface area contributed by atoms with Crippen LogP contribution in [0, 0.1) is 6.92 Å². The van der Waals surface area contributed by atoms with Crippen LogP contribution in [-0.2, 0) is 5.92 Å². The van der Waals surface area contributed by atoms with E-state index in [4.69, 9.17) is 16.0 Å². The van der Waals surface area contributed by atoms with Crippen molar-refractivity contribution in [3.8, 4) is 0 Å². The minimum Gasteiger partial charge on any atom is -0.465 e. The van der Waals surface area contributed by atoms with Crippen molar-refractivity contribution in [1.82, 2.24) is 5.32 Å². The Labute approximate surface area is 107 Å². The lowest BCUT2D eigenvalue weighted by atomic mass is 9.99. The van der Waals surface area contributed by atoms with Crippen LogP contribution in [-0.4, -0.2) is 28.8 Å². The van der Waals surface area contributed by atoms with Crippen LogP contribution in [0.1, 0.15) is 16.7 Å². The number of nitrogens with zero attached hydrogens (tertiary/aromatic N) is 1. The van der Waals surface area contributed by atoms with Gasteiger partial charge in [-0.25, -0.2) is 4.79 Å². The molecule has 1 rings (SSSR count). The molecule has 1 aromatic carbocycles. The Balaban J connectivity index is 3.04. The monoisotopic (exact) mass is 273 g/mol. The van der Waals surface area contributed by atoms with Gasteiger partial charge in [0.1, 0.15) is 0 Å². The molecule has 0 fully saturated rings. The molecule has 0 aliphatic carbocycles. The zero-order valence-electron chi connectivity index (χ0n) is 10.0. The number of aryl methyl sites for hydroxylation is 1. The highest BCUT2D eigenvalue weighted by Crippen LogP contribution is 2.30. The van der Waals surface area contributed by atoms with Gasteiger partial charge in [0.15, 0.2) is 5.84 Å². The van der Waals surface area contributed by atoms with Crippen LogP contribution in [0.3, 0.4) is 0 Å².